The highest BCUT2D eigenvalue weighted by atomic mass is 32.1. The molecular weight excluding hydrogens is 294 g/mol. The second-order valence-electron chi connectivity index (χ2n) is 5.93. The van der Waals surface area contributed by atoms with Gasteiger partial charge in [0.15, 0.2) is 0 Å². The van der Waals surface area contributed by atoms with E-state index in [0.717, 1.165) is 10.6 Å². The summed E-state index contributed by atoms with van der Waals surface area (Å²) in [5.74, 6) is 0.638. The van der Waals surface area contributed by atoms with Gasteiger partial charge in [-0.05, 0) is 36.8 Å². The van der Waals surface area contributed by atoms with E-state index in [-0.39, 0.29) is 5.91 Å². The van der Waals surface area contributed by atoms with E-state index < -0.39 is 0 Å². The molecule has 1 aromatic heterocycles. The van der Waals surface area contributed by atoms with Crippen LogP contribution in [0.4, 0.5) is 5.13 Å². The summed E-state index contributed by atoms with van der Waals surface area (Å²) in [7, 11) is 0. The lowest BCUT2D eigenvalue weighted by molar-refractivity contribution is -0.115. The van der Waals surface area contributed by atoms with Gasteiger partial charge in [0.05, 0.1) is 6.42 Å². The molecule has 0 atom stereocenters. The number of aromatic nitrogens is 2. The van der Waals surface area contributed by atoms with Crippen molar-refractivity contribution in [3.63, 3.8) is 0 Å². The first kappa shape index (κ1) is 15.2. The van der Waals surface area contributed by atoms with Gasteiger partial charge in [0.25, 0.3) is 0 Å². The van der Waals surface area contributed by atoms with Crippen LogP contribution in [-0.2, 0) is 11.2 Å². The van der Waals surface area contributed by atoms with Crippen LogP contribution >= 0.6 is 11.3 Å². The maximum Gasteiger partial charge on any atom is 0.230 e. The van der Waals surface area contributed by atoms with Crippen LogP contribution in [0.15, 0.2) is 24.3 Å². The zero-order chi connectivity index (χ0) is 15.4. The molecule has 1 heterocycles. The summed E-state index contributed by atoms with van der Waals surface area (Å²) in [6.07, 6.45) is 6.95. The molecule has 0 spiro atoms. The molecule has 116 valence electrons. The normalized spacial score (nSPS) is 15.7. The first-order valence-electron chi connectivity index (χ1n) is 7.89. The number of nitrogens with zero attached hydrogens (tertiary/aromatic N) is 2. The van der Waals surface area contributed by atoms with Crippen molar-refractivity contribution in [2.75, 3.05) is 5.32 Å². The number of aryl methyl sites for hydroxylation is 1. The van der Waals surface area contributed by atoms with E-state index in [0.29, 0.717) is 17.5 Å². The third-order valence-corrected chi connectivity index (χ3v) is 4.92. The topological polar surface area (TPSA) is 54.9 Å². The van der Waals surface area contributed by atoms with Gasteiger partial charge in [0.1, 0.15) is 5.01 Å². The molecule has 0 bridgehead atoms. The van der Waals surface area contributed by atoms with Crippen molar-refractivity contribution in [3.05, 3.63) is 40.4 Å². The van der Waals surface area contributed by atoms with E-state index in [2.05, 4.69) is 33.7 Å². The fourth-order valence-electron chi connectivity index (χ4n) is 3.09. The Labute approximate surface area is 135 Å². The minimum atomic E-state index is -0.0306. The number of hydrogen-bond acceptors (Lipinski definition) is 4. The summed E-state index contributed by atoms with van der Waals surface area (Å²) in [5.41, 5.74) is 2.46. The molecular formula is C17H21N3OS. The van der Waals surface area contributed by atoms with Crippen molar-refractivity contribution in [1.29, 1.82) is 0 Å². The van der Waals surface area contributed by atoms with Crippen molar-refractivity contribution in [2.45, 2.75) is 51.4 Å². The molecule has 1 amide bonds. The van der Waals surface area contributed by atoms with Crippen LogP contribution in [0.5, 0.6) is 0 Å². The van der Waals surface area contributed by atoms with Crippen molar-refractivity contribution < 1.29 is 4.79 Å². The van der Waals surface area contributed by atoms with E-state index in [9.17, 15) is 4.79 Å². The Kier molecular flexibility index (Phi) is 4.83. The molecule has 1 aliphatic rings. The van der Waals surface area contributed by atoms with Crippen LogP contribution in [0.3, 0.4) is 0 Å². The lowest BCUT2D eigenvalue weighted by Gasteiger charge is -2.22. The number of rotatable bonds is 4. The standard InChI is InChI=1S/C17H21N3OS/c1-12-19-20-17(22-12)18-16(21)11-13-6-5-9-15(10-13)14-7-3-2-4-8-14/h5-6,9-10,14H,2-4,7-8,11H2,1H3,(H,18,20,21). The van der Waals surface area contributed by atoms with Crippen molar-refractivity contribution >= 4 is 22.4 Å². The van der Waals surface area contributed by atoms with E-state index >= 15 is 0 Å². The number of amides is 1. The smallest absolute Gasteiger partial charge is 0.230 e. The average Bonchev–Trinajstić information content (AvgIpc) is 2.93. The van der Waals surface area contributed by atoms with Gasteiger partial charge in [-0.2, -0.15) is 0 Å². The zero-order valence-electron chi connectivity index (χ0n) is 12.8. The maximum atomic E-state index is 12.1. The molecule has 1 aliphatic carbocycles. The summed E-state index contributed by atoms with van der Waals surface area (Å²) in [5, 5.41) is 12.1. The SMILES string of the molecule is Cc1nnc(NC(=O)Cc2cccc(C3CCCCC3)c2)s1. The van der Waals surface area contributed by atoms with Gasteiger partial charge in [0.2, 0.25) is 11.0 Å². The summed E-state index contributed by atoms with van der Waals surface area (Å²) < 4.78 is 0. The van der Waals surface area contributed by atoms with Crippen LogP contribution in [0.2, 0.25) is 0 Å². The Hall–Kier alpha value is -1.75. The van der Waals surface area contributed by atoms with Crippen LogP contribution < -0.4 is 5.32 Å². The lowest BCUT2D eigenvalue weighted by Crippen LogP contribution is -2.14. The molecule has 1 aromatic carbocycles. The summed E-state index contributed by atoms with van der Waals surface area (Å²) >= 11 is 1.40. The highest BCUT2D eigenvalue weighted by Gasteiger charge is 2.16. The third-order valence-electron chi connectivity index (χ3n) is 4.16. The van der Waals surface area contributed by atoms with Crippen LogP contribution in [0, 0.1) is 6.92 Å². The molecule has 1 fully saturated rings. The highest BCUT2D eigenvalue weighted by molar-refractivity contribution is 7.15. The van der Waals surface area contributed by atoms with Gasteiger partial charge >= 0.3 is 0 Å². The molecule has 1 saturated carbocycles. The molecule has 0 unspecified atom stereocenters. The summed E-state index contributed by atoms with van der Waals surface area (Å²) in [4.78, 5) is 12.1. The number of nitrogens with one attached hydrogen (secondary N) is 1. The molecule has 1 N–H and O–H groups in total. The molecule has 2 aromatic rings. The third kappa shape index (κ3) is 3.91. The van der Waals surface area contributed by atoms with Gasteiger partial charge in [-0.15, -0.1) is 10.2 Å². The number of carbonyl (C=O) groups is 1. The van der Waals surface area contributed by atoms with Gasteiger partial charge in [-0.3, -0.25) is 4.79 Å². The van der Waals surface area contributed by atoms with E-state index in [1.54, 1.807) is 0 Å². The molecule has 0 saturated heterocycles. The predicted octanol–water partition coefficient (Wildman–Crippen LogP) is 4.08. The Morgan fingerprint density at radius 2 is 2.09 bits per heavy atom. The monoisotopic (exact) mass is 315 g/mol. The first-order chi connectivity index (χ1) is 10.7. The second kappa shape index (κ2) is 7.01. The number of benzene rings is 1. The Bertz CT molecular complexity index is 647. The minimum Gasteiger partial charge on any atom is -0.300 e. The van der Waals surface area contributed by atoms with Gasteiger partial charge in [-0.25, -0.2) is 0 Å². The van der Waals surface area contributed by atoms with Crippen LogP contribution in [-0.4, -0.2) is 16.1 Å². The number of carbonyl (C=O) groups excluding carboxylic acids is 1. The van der Waals surface area contributed by atoms with Crippen LogP contribution in [0.1, 0.15) is 54.2 Å². The first-order valence-corrected chi connectivity index (χ1v) is 8.71. The molecule has 3 rings (SSSR count). The van der Waals surface area contributed by atoms with Gasteiger partial charge in [0, 0.05) is 0 Å². The average molecular weight is 315 g/mol. The lowest BCUT2D eigenvalue weighted by atomic mass is 9.83. The fourth-order valence-corrected chi connectivity index (χ4v) is 3.70. The number of hydrogen-bond donors (Lipinski definition) is 1. The van der Waals surface area contributed by atoms with Gasteiger partial charge < -0.3 is 5.32 Å². The Morgan fingerprint density at radius 1 is 1.27 bits per heavy atom. The highest BCUT2D eigenvalue weighted by Crippen LogP contribution is 2.32. The fraction of sp³-hybridized carbons (Fsp3) is 0.471. The van der Waals surface area contributed by atoms with Crippen molar-refractivity contribution in [1.82, 2.24) is 10.2 Å². The summed E-state index contributed by atoms with van der Waals surface area (Å²) in [6.45, 7) is 1.88. The molecule has 5 heteroatoms. The second-order valence-corrected chi connectivity index (χ2v) is 7.11. The quantitative estimate of drug-likeness (QED) is 0.925. The van der Waals surface area contributed by atoms with Crippen molar-refractivity contribution in [2.24, 2.45) is 0 Å². The van der Waals surface area contributed by atoms with Crippen molar-refractivity contribution in [3.8, 4) is 0 Å². The zero-order valence-corrected chi connectivity index (χ0v) is 13.7. The van der Waals surface area contributed by atoms with E-state index in [1.165, 1.54) is 49.0 Å². The minimum absolute atomic E-state index is 0.0306. The molecule has 4 nitrogen and oxygen atoms in total. The van der Waals surface area contributed by atoms with Gasteiger partial charge in [-0.1, -0.05) is 54.9 Å². The molecule has 0 radical (unpaired) electrons. The van der Waals surface area contributed by atoms with E-state index in [4.69, 9.17) is 0 Å². The summed E-state index contributed by atoms with van der Waals surface area (Å²) in [6, 6.07) is 8.49. The molecule has 22 heavy (non-hydrogen) atoms. The Morgan fingerprint density at radius 3 is 2.82 bits per heavy atom. The molecule has 0 aliphatic heterocycles. The maximum absolute atomic E-state index is 12.1. The largest absolute Gasteiger partial charge is 0.300 e. The predicted molar refractivity (Wildman–Crippen MR) is 89.2 cm³/mol. The Balaban J connectivity index is 1.63. The van der Waals surface area contributed by atoms with E-state index in [1.807, 2.05) is 13.0 Å². The van der Waals surface area contributed by atoms with Crippen LogP contribution in [0.25, 0.3) is 0 Å². The number of anilines is 1.